The van der Waals surface area contributed by atoms with Crippen LogP contribution in [0, 0.1) is 0 Å². The fraction of sp³-hybridized carbons (Fsp3) is 0.167. The van der Waals surface area contributed by atoms with Crippen molar-refractivity contribution in [2.24, 2.45) is 0 Å². The van der Waals surface area contributed by atoms with Gasteiger partial charge in [-0.3, -0.25) is 0 Å². The number of nitrogens with zero attached hydrogens (tertiary/aromatic N) is 2. The molecule has 0 aliphatic carbocycles. The summed E-state index contributed by atoms with van der Waals surface area (Å²) in [5.41, 5.74) is 6.23. The Hall–Kier alpha value is -3.20. The minimum atomic E-state index is 1.06. The van der Waals surface area contributed by atoms with E-state index < -0.39 is 0 Å². The average molecular weight is 353 g/mol. The summed E-state index contributed by atoms with van der Waals surface area (Å²) >= 11 is 0. The first-order valence-electron chi connectivity index (χ1n) is 9.60. The summed E-state index contributed by atoms with van der Waals surface area (Å²) in [6.07, 6.45) is 0. The summed E-state index contributed by atoms with van der Waals surface area (Å²) in [5.74, 6) is 0. The van der Waals surface area contributed by atoms with Crippen LogP contribution < -0.4 is 9.80 Å². The van der Waals surface area contributed by atoms with Crippen molar-refractivity contribution in [3.63, 3.8) is 0 Å². The van der Waals surface area contributed by atoms with Crippen LogP contribution in [0.3, 0.4) is 0 Å². The van der Waals surface area contributed by atoms with Gasteiger partial charge in [0.15, 0.2) is 0 Å². The van der Waals surface area contributed by atoms with Gasteiger partial charge in [-0.05, 0) is 42.0 Å². The van der Waals surface area contributed by atoms with E-state index in [0.717, 1.165) is 26.2 Å². The van der Waals surface area contributed by atoms with Crippen molar-refractivity contribution in [3.8, 4) is 11.3 Å². The number of hydrogen-bond donors (Lipinski definition) is 1. The molecule has 0 radical (unpaired) electrons. The second kappa shape index (κ2) is 6.84. The Morgan fingerprint density at radius 2 is 1.19 bits per heavy atom. The highest BCUT2D eigenvalue weighted by Gasteiger charge is 2.17. The Morgan fingerprint density at radius 3 is 1.85 bits per heavy atom. The molecule has 0 amide bonds. The number of fused-ring (bicyclic) bond motifs is 1. The monoisotopic (exact) mass is 353 g/mol. The van der Waals surface area contributed by atoms with Crippen LogP contribution in [0.1, 0.15) is 0 Å². The molecule has 3 heteroatoms. The van der Waals surface area contributed by atoms with Crippen molar-refractivity contribution in [3.05, 3.63) is 84.9 Å². The topological polar surface area (TPSA) is 22.3 Å². The molecule has 0 bridgehead atoms. The van der Waals surface area contributed by atoms with Gasteiger partial charge in [-0.2, -0.15) is 0 Å². The molecule has 5 rings (SSSR count). The summed E-state index contributed by atoms with van der Waals surface area (Å²) in [7, 11) is 0. The van der Waals surface area contributed by atoms with Crippen molar-refractivity contribution in [1.82, 2.24) is 4.98 Å². The van der Waals surface area contributed by atoms with Crippen LogP contribution in [-0.4, -0.2) is 31.2 Å². The molecular formula is C24H23N3. The molecule has 27 heavy (non-hydrogen) atoms. The van der Waals surface area contributed by atoms with Crippen LogP contribution in [0.25, 0.3) is 22.2 Å². The molecule has 1 aliphatic heterocycles. The van der Waals surface area contributed by atoms with E-state index in [1.54, 1.807) is 0 Å². The first kappa shape index (κ1) is 16.0. The number of para-hydroxylation sites is 2. The fourth-order valence-corrected chi connectivity index (χ4v) is 3.94. The molecule has 1 N–H and O–H groups in total. The van der Waals surface area contributed by atoms with Crippen LogP contribution in [0.5, 0.6) is 0 Å². The number of hydrogen-bond acceptors (Lipinski definition) is 2. The largest absolute Gasteiger partial charge is 0.368 e. The minimum absolute atomic E-state index is 1.06. The van der Waals surface area contributed by atoms with Crippen molar-refractivity contribution in [2.75, 3.05) is 36.0 Å². The molecule has 3 nitrogen and oxygen atoms in total. The molecular weight excluding hydrogens is 330 g/mol. The smallest absolute Gasteiger partial charge is 0.0464 e. The molecule has 1 fully saturated rings. The molecule has 3 aromatic carbocycles. The molecule has 2 heterocycles. The molecule has 4 aromatic rings. The van der Waals surface area contributed by atoms with Gasteiger partial charge in [-0.25, -0.2) is 0 Å². The highest BCUT2D eigenvalue weighted by Crippen LogP contribution is 2.27. The Bertz CT molecular complexity index is 993. The SMILES string of the molecule is c1ccc(N2CCN(c3ccc(-c4cc5ccccc5[nH]4)cc3)CC2)cc1. The van der Waals surface area contributed by atoms with E-state index in [1.165, 1.54) is 33.5 Å². The van der Waals surface area contributed by atoms with Gasteiger partial charge >= 0.3 is 0 Å². The Kier molecular flexibility index (Phi) is 4.06. The lowest BCUT2D eigenvalue weighted by Gasteiger charge is -2.37. The molecule has 1 aromatic heterocycles. The van der Waals surface area contributed by atoms with Gasteiger partial charge in [0, 0.05) is 54.2 Å². The predicted molar refractivity (Wildman–Crippen MR) is 115 cm³/mol. The standard InChI is InChI=1S/C24H23N3/c1-2-7-21(8-3-1)26-14-16-27(17-15-26)22-12-10-19(11-13-22)24-18-20-6-4-5-9-23(20)25-24/h1-13,18,25H,14-17H2. The van der Waals surface area contributed by atoms with Crippen LogP contribution in [0.2, 0.25) is 0 Å². The quantitative estimate of drug-likeness (QED) is 0.549. The number of anilines is 2. The predicted octanol–water partition coefficient (Wildman–Crippen LogP) is 5.16. The van der Waals surface area contributed by atoms with E-state index in [4.69, 9.17) is 0 Å². The maximum absolute atomic E-state index is 3.51. The summed E-state index contributed by atoms with van der Waals surface area (Å²) in [6.45, 7) is 4.24. The molecule has 0 atom stereocenters. The van der Waals surface area contributed by atoms with E-state index in [2.05, 4.69) is 99.7 Å². The van der Waals surface area contributed by atoms with Crippen LogP contribution in [0.4, 0.5) is 11.4 Å². The first-order chi connectivity index (χ1) is 13.4. The molecule has 0 saturated carbocycles. The Morgan fingerprint density at radius 1 is 0.593 bits per heavy atom. The van der Waals surface area contributed by atoms with E-state index in [0.29, 0.717) is 0 Å². The van der Waals surface area contributed by atoms with Crippen LogP contribution >= 0.6 is 0 Å². The number of benzene rings is 3. The minimum Gasteiger partial charge on any atom is -0.368 e. The van der Waals surface area contributed by atoms with Gasteiger partial charge in [0.05, 0.1) is 0 Å². The summed E-state index contributed by atoms with van der Waals surface area (Å²) < 4.78 is 0. The van der Waals surface area contributed by atoms with Crippen molar-refractivity contribution >= 4 is 22.3 Å². The zero-order valence-electron chi connectivity index (χ0n) is 15.3. The van der Waals surface area contributed by atoms with Gasteiger partial charge in [-0.1, -0.05) is 48.5 Å². The van der Waals surface area contributed by atoms with Crippen LogP contribution in [-0.2, 0) is 0 Å². The molecule has 134 valence electrons. The number of nitrogens with one attached hydrogen (secondary N) is 1. The maximum Gasteiger partial charge on any atom is 0.0464 e. The number of H-pyrrole nitrogens is 1. The third-order valence-corrected chi connectivity index (χ3v) is 5.47. The Labute approximate surface area is 159 Å². The first-order valence-corrected chi connectivity index (χ1v) is 9.60. The van der Waals surface area contributed by atoms with Gasteiger partial charge in [0.1, 0.15) is 0 Å². The second-order valence-corrected chi connectivity index (χ2v) is 7.13. The van der Waals surface area contributed by atoms with Crippen molar-refractivity contribution in [2.45, 2.75) is 0 Å². The van der Waals surface area contributed by atoms with E-state index in [1.807, 2.05) is 0 Å². The molecule has 1 saturated heterocycles. The van der Waals surface area contributed by atoms with Crippen LogP contribution in [0.15, 0.2) is 84.9 Å². The van der Waals surface area contributed by atoms with Crippen molar-refractivity contribution < 1.29 is 0 Å². The van der Waals surface area contributed by atoms with Gasteiger partial charge in [0.25, 0.3) is 0 Å². The fourth-order valence-electron chi connectivity index (χ4n) is 3.94. The third kappa shape index (κ3) is 3.17. The number of aromatic nitrogens is 1. The Balaban J connectivity index is 1.29. The van der Waals surface area contributed by atoms with E-state index in [-0.39, 0.29) is 0 Å². The molecule has 1 aliphatic rings. The van der Waals surface area contributed by atoms with Crippen molar-refractivity contribution in [1.29, 1.82) is 0 Å². The third-order valence-electron chi connectivity index (χ3n) is 5.47. The van der Waals surface area contributed by atoms with Gasteiger partial charge < -0.3 is 14.8 Å². The lowest BCUT2D eigenvalue weighted by Crippen LogP contribution is -2.46. The van der Waals surface area contributed by atoms with Gasteiger partial charge in [-0.15, -0.1) is 0 Å². The van der Waals surface area contributed by atoms with Gasteiger partial charge in [0.2, 0.25) is 0 Å². The summed E-state index contributed by atoms with van der Waals surface area (Å²) in [4.78, 5) is 8.46. The number of piperazine rings is 1. The second-order valence-electron chi connectivity index (χ2n) is 7.13. The number of aromatic amines is 1. The number of rotatable bonds is 3. The lowest BCUT2D eigenvalue weighted by molar-refractivity contribution is 0.653. The average Bonchev–Trinajstić information content (AvgIpc) is 3.19. The summed E-state index contributed by atoms with van der Waals surface area (Å²) in [6, 6.07) is 30.3. The zero-order chi connectivity index (χ0) is 18.1. The van der Waals surface area contributed by atoms with E-state index >= 15 is 0 Å². The van der Waals surface area contributed by atoms with E-state index in [9.17, 15) is 0 Å². The molecule has 0 unspecified atom stereocenters. The zero-order valence-corrected chi connectivity index (χ0v) is 15.3. The summed E-state index contributed by atoms with van der Waals surface area (Å²) in [5, 5.41) is 1.26. The highest BCUT2D eigenvalue weighted by molar-refractivity contribution is 5.85. The lowest BCUT2D eigenvalue weighted by atomic mass is 10.1. The maximum atomic E-state index is 3.51. The highest BCUT2D eigenvalue weighted by atomic mass is 15.3. The normalized spacial score (nSPS) is 14.7. The molecule has 0 spiro atoms.